The van der Waals surface area contributed by atoms with Gasteiger partial charge in [0.05, 0.1) is 6.54 Å². The monoisotopic (exact) mass is 382 g/mol. The number of aryl methyl sites for hydroxylation is 1. The SMILES string of the molecule is CC(C)(C)c1ccc(Cn2nc3n(c2=O)[C@@H](C(=O)N2CCCC2)CCC3)cc1. The molecule has 2 aliphatic rings. The van der Waals surface area contributed by atoms with Crippen LogP contribution < -0.4 is 5.69 Å². The van der Waals surface area contributed by atoms with E-state index in [0.717, 1.165) is 56.6 Å². The van der Waals surface area contributed by atoms with Crippen LogP contribution in [0.15, 0.2) is 29.1 Å². The van der Waals surface area contributed by atoms with Crippen LogP contribution in [0, 0.1) is 0 Å². The second-order valence-electron chi connectivity index (χ2n) is 9.11. The van der Waals surface area contributed by atoms with Gasteiger partial charge in [-0.05, 0) is 42.2 Å². The molecule has 3 heterocycles. The molecule has 0 radical (unpaired) electrons. The summed E-state index contributed by atoms with van der Waals surface area (Å²) in [5.41, 5.74) is 2.26. The molecule has 0 saturated carbocycles. The van der Waals surface area contributed by atoms with Crippen molar-refractivity contribution in [3.8, 4) is 0 Å². The molecule has 0 bridgehead atoms. The quantitative estimate of drug-likeness (QED) is 0.820. The lowest BCUT2D eigenvalue weighted by molar-refractivity contribution is -0.134. The third-order valence-corrected chi connectivity index (χ3v) is 5.99. The van der Waals surface area contributed by atoms with Crippen molar-refractivity contribution < 1.29 is 4.79 Å². The molecule has 1 atom stereocenters. The highest BCUT2D eigenvalue weighted by molar-refractivity contribution is 5.80. The third kappa shape index (κ3) is 3.52. The van der Waals surface area contributed by atoms with Crippen molar-refractivity contribution in [1.29, 1.82) is 0 Å². The zero-order chi connectivity index (χ0) is 19.9. The maximum Gasteiger partial charge on any atom is 0.346 e. The van der Waals surface area contributed by atoms with E-state index in [1.807, 2.05) is 4.90 Å². The summed E-state index contributed by atoms with van der Waals surface area (Å²) in [6.07, 6.45) is 4.51. The molecular formula is C22H30N4O2. The summed E-state index contributed by atoms with van der Waals surface area (Å²) < 4.78 is 3.19. The second-order valence-corrected chi connectivity index (χ2v) is 9.11. The second kappa shape index (κ2) is 7.22. The Hall–Kier alpha value is -2.37. The Labute approximate surface area is 166 Å². The Bertz CT molecular complexity index is 911. The molecular weight excluding hydrogens is 352 g/mol. The summed E-state index contributed by atoms with van der Waals surface area (Å²) in [5.74, 6) is 0.842. The van der Waals surface area contributed by atoms with E-state index in [0.29, 0.717) is 6.54 Å². The van der Waals surface area contributed by atoms with Crippen LogP contribution in [0.3, 0.4) is 0 Å². The van der Waals surface area contributed by atoms with Gasteiger partial charge in [0, 0.05) is 19.5 Å². The molecule has 1 aromatic carbocycles. The van der Waals surface area contributed by atoms with Crippen LogP contribution in [-0.4, -0.2) is 38.2 Å². The zero-order valence-electron chi connectivity index (χ0n) is 17.1. The van der Waals surface area contributed by atoms with E-state index >= 15 is 0 Å². The molecule has 2 aromatic rings. The summed E-state index contributed by atoms with van der Waals surface area (Å²) in [6.45, 7) is 8.63. The number of carbonyl (C=O) groups excluding carboxylic acids is 1. The smallest absolute Gasteiger partial charge is 0.341 e. The van der Waals surface area contributed by atoms with Crippen molar-refractivity contribution in [1.82, 2.24) is 19.2 Å². The van der Waals surface area contributed by atoms with Gasteiger partial charge in [-0.25, -0.2) is 9.48 Å². The summed E-state index contributed by atoms with van der Waals surface area (Å²) in [7, 11) is 0. The lowest BCUT2D eigenvalue weighted by Gasteiger charge is -2.27. The first-order chi connectivity index (χ1) is 13.3. The van der Waals surface area contributed by atoms with Gasteiger partial charge in [0.25, 0.3) is 0 Å². The number of hydrogen-bond donors (Lipinski definition) is 0. The molecule has 6 heteroatoms. The van der Waals surface area contributed by atoms with Crippen LogP contribution >= 0.6 is 0 Å². The van der Waals surface area contributed by atoms with Gasteiger partial charge in [0.15, 0.2) is 0 Å². The zero-order valence-corrected chi connectivity index (χ0v) is 17.1. The lowest BCUT2D eigenvalue weighted by atomic mass is 9.87. The van der Waals surface area contributed by atoms with Gasteiger partial charge in [0.2, 0.25) is 5.91 Å². The molecule has 0 N–H and O–H groups in total. The van der Waals surface area contributed by atoms with Gasteiger partial charge in [-0.2, -0.15) is 5.10 Å². The number of benzene rings is 1. The number of amides is 1. The Morgan fingerprint density at radius 2 is 1.79 bits per heavy atom. The fourth-order valence-corrected chi connectivity index (χ4v) is 4.30. The molecule has 4 rings (SSSR count). The molecule has 1 aromatic heterocycles. The summed E-state index contributed by atoms with van der Waals surface area (Å²) in [4.78, 5) is 27.9. The van der Waals surface area contributed by atoms with Crippen molar-refractivity contribution in [2.24, 2.45) is 0 Å². The van der Waals surface area contributed by atoms with Crippen molar-refractivity contribution >= 4 is 5.91 Å². The topological polar surface area (TPSA) is 60.1 Å². The van der Waals surface area contributed by atoms with Crippen molar-refractivity contribution in [3.63, 3.8) is 0 Å². The Morgan fingerprint density at radius 1 is 1.11 bits per heavy atom. The fourth-order valence-electron chi connectivity index (χ4n) is 4.30. The predicted molar refractivity (Wildman–Crippen MR) is 109 cm³/mol. The summed E-state index contributed by atoms with van der Waals surface area (Å²) in [6, 6.07) is 7.99. The minimum absolute atomic E-state index is 0.0923. The van der Waals surface area contributed by atoms with Gasteiger partial charge < -0.3 is 4.90 Å². The first-order valence-corrected chi connectivity index (χ1v) is 10.4. The molecule has 0 aliphatic carbocycles. The molecule has 1 amide bonds. The van der Waals surface area contributed by atoms with Crippen LogP contribution in [-0.2, 0) is 23.2 Å². The summed E-state index contributed by atoms with van der Waals surface area (Å²) >= 11 is 0. The maximum atomic E-state index is 13.1. The average Bonchev–Trinajstić information content (AvgIpc) is 3.30. The molecule has 28 heavy (non-hydrogen) atoms. The number of hydrogen-bond acceptors (Lipinski definition) is 3. The largest absolute Gasteiger partial charge is 0.346 e. The average molecular weight is 383 g/mol. The minimum atomic E-state index is -0.383. The van der Waals surface area contributed by atoms with E-state index in [1.165, 1.54) is 10.2 Å². The lowest BCUT2D eigenvalue weighted by Crippen LogP contribution is -2.41. The van der Waals surface area contributed by atoms with Gasteiger partial charge >= 0.3 is 5.69 Å². The standard InChI is InChI=1S/C22H30N4O2/c1-22(2,3)17-11-9-16(10-12-17)15-25-21(28)26-18(7-6-8-19(26)23-25)20(27)24-13-4-5-14-24/h9-12,18H,4-8,13-15H2,1-3H3/t18-/m1/s1. The highest BCUT2D eigenvalue weighted by atomic mass is 16.2. The molecule has 2 aliphatic heterocycles. The van der Waals surface area contributed by atoms with E-state index in [1.54, 1.807) is 4.57 Å². The Balaban J connectivity index is 1.59. The van der Waals surface area contributed by atoms with E-state index in [4.69, 9.17) is 0 Å². The van der Waals surface area contributed by atoms with Crippen LogP contribution in [0.5, 0.6) is 0 Å². The molecule has 1 fully saturated rings. The molecule has 0 spiro atoms. The number of likely N-dealkylation sites (tertiary alicyclic amines) is 1. The van der Waals surface area contributed by atoms with Crippen molar-refractivity contribution in [3.05, 3.63) is 51.7 Å². The Morgan fingerprint density at radius 3 is 2.43 bits per heavy atom. The van der Waals surface area contributed by atoms with E-state index < -0.39 is 0 Å². The molecule has 6 nitrogen and oxygen atoms in total. The third-order valence-electron chi connectivity index (χ3n) is 5.99. The van der Waals surface area contributed by atoms with E-state index in [-0.39, 0.29) is 23.1 Å². The highest BCUT2D eigenvalue weighted by Gasteiger charge is 2.34. The van der Waals surface area contributed by atoms with Gasteiger partial charge in [-0.15, -0.1) is 0 Å². The van der Waals surface area contributed by atoms with E-state index in [9.17, 15) is 9.59 Å². The highest BCUT2D eigenvalue weighted by Crippen LogP contribution is 2.26. The number of fused-ring (bicyclic) bond motifs is 1. The Kier molecular flexibility index (Phi) is 4.89. The van der Waals surface area contributed by atoms with E-state index in [2.05, 4.69) is 50.1 Å². The molecule has 0 unspecified atom stereocenters. The number of aromatic nitrogens is 3. The minimum Gasteiger partial charge on any atom is -0.341 e. The van der Waals surface area contributed by atoms with Crippen LogP contribution in [0.4, 0.5) is 0 Å². The van der Waals surface area contributed by atoms with Crippen LogP contribution in [0.2, 0.25) is 0 Å². The van der Waals surface area contributed by atoms with Crippen molar-refractivity contribution in [2.75, 3.05) is 13.1 Å². The maximum absolute atomic E-state index is 13.1. The normalized spacial score (nSPS) is 19.7. The molecule has 1 saturated heterocycles. The van der Waals surface area contributed by atoms with Gasteiger partial charge in [0.1, 0.15) is 11.9 Å². The number of carbonyl (C=O) groups is 1. The van der Waals surface area contributed by atoms with Crippen molar-refractivity contribution in [2.45, 2.75) is 70.9 Å². The van der Waals surface area contributed by atoms with Gasteiger partial charge in [-0.1, -0.05) is 45.0 Å². The number of rotatable bonds is 3. The first kappa shape index (κ1) is 19.0. The number of nitrogens with zero attached hydrogens (tertiary/aromatic N) is 4. The summed E-state index contributed by atoms with van der Waals surface area (Å²) in [5, 5.41) is 4.57. The van der Waals surface area contributed by atoms with Crippen LogP contribution in [0.1, 0.15) is 69.4 Å². The fraction of sp³-hybridized carbons (Fsp3) is 0.591. The first-order valence-electron chi connectivity index (χ1n) is 10.4. The molecule has 150 valence electrons. The predicted octanol–water partition coefficient (Wildman–Crippen LogP) is 2.89. The van der Waals surface area contributed by atoms with Gasteiger partial charge in [-0.3, -0.25) is 9.36 Å². The van der Waals surface area contributed by atoms with Crippen LogP contribution in [0.25, 0.3) is 0 Å².